The van der Waals surface area contributed by atoms with Gasteiger partial charge in [-0.15, -0.1) is 0 Å². The fourth-order valence-corrected chi connectivity index (χ4v) is 3.23. The Kier molecular flexibility index (Phi) is 5.83. The van der Waals surface area contributed by atoms with E-state index in [9.17, 15) is 9.59 Å². The van der Waals surface area contributed by atoms with Crippen molar-refractivity contribution in [1.82, 2.24) is 10.2 Å². The van der Waals surface area contributed by atoms with Gasteiger partial charge in [-0.3, -0.25) is 9.59 Å². The molecule has 1 heterocycles. The molecular formula is C15H26N2O3. The molecule has 5 nitrogen and oxygen atoms in total. The minimum absolute atomic E-state index is 0.0211. The Morgan fingerprint density at radius 3 is 2.80 bits per heavy atom. The van der Waals surface area contributed by atoms with Crippen LogP contribution in [0.2, 0.25) is 0 Å². The van der Waals surface area contributed by atoms with Gasteiger partial charge in [0.05, 0.1) is 5.92 Å². The lowest BCUT2D eigenvalue weighted by Crippen LogP contribution is -2.39. The van der Waals surface area contributed by atoms with Crippen molar-refractivity contribution in [3.05, 3.63) is 0 Å². The van der Waals surface area contributed by atoms with Crippen LogP contribution >= 0.6 is 0 Å². The summed E-state index contributed by atoms with van der Waals surface area (Å²) in [6.07, 6.45) is 7.11. The van der Waals surface area contributed by atoms with Gasteiger partial charge in [-0.1, -0.05) is 19.3 Å². The van der Waals surface area contributed by atoms with Gasteiger partial charge in [0.1, 0.15) is 0 Å². The molecule has 1 N–H and O–H groups in total. The molecule has 1 aliphatic carbocycles. The molecule has 5 heteroatoms. The quantitative estimate of drug-likeness (QED) is 0.748. The minimum Gasteiger partial charge on any atom is -0.385 e. The molecule has 0 aromatic rings. The van der Waals surface area contributed by atoms with Gasteiger partial charge >= 0.3 is 0 Å². The van der Waals surface area contributed by atoms with Crippen molar-refractivity contribution in [2.75, 3.05) is 26.8 Å². The maximum absolute atomic E-state index is 12.1. The van der Waals surface area contributed by atoms with Crippen molar-refractivity contribution in [2.24, 2.45) is 5.92 Å². The molecule has 1 atom stereocenters. The highest BCUT2D eigenvalue weighted by Gasteiger charge is 2.37. The van der Waals surface area contributed by atoms with E-state index >= 15 is 0 Å². The molecule has 0 spiro atoms. The van der Waals surface area contributed by atoms with Gasteiger partial charge in [0.25, 0.3) is 0 Å². The summed E-state index contributed by atoms with van der Waals surface area (Å²) in [6, 6.07) is 0.377. The molecule has 1 saturated heterocycles. The second-order valence-corrected chi connectivity index (χ2v) is 5.88. The topological polar surface area (TPSA) is 58.6 Å². The van der Waals surface area contributed by atoms with Gasteiger partial charge in [0.15, 0.2) is 0 Å². The standard InChI is InChI=1S/C15H26N2O3/c1-20-9-5-8-16-15(19)12-10-14(18)17(11-12)13-6-3-2-4-7-13/h12-13H,2-11H2,1H3,(H,16,19). The van der Waals surface area contributed by atoms with E-state index in [1.165, 1.54) is 19.3 Å². The molecule has 2 rings (SSSR count). The second-order valence-electron chi connectivity index (χ2n) is 5.88. The maximum atomic E-state index is 12.1. The summed E-state index contributed by atoms with van der Waals surface area (Å²) in [6.45, 7) is 1.89. The number of carbonyl (C=O) groups excluding carboxylic acids is 2. The maximum Gasteiger partial charge on any atom is 0.225 e. The zero-order chi connectivity index (χ0) is 14.4. The zero-order valence-electron chi connectivity index (χ0n) is 12.4. The Morgan fingerprint density at radius 2 is 2.10 bits per heavy atom. The van der Waals surface area contributed by atoms with E-state index in [1.807, 2.05) is 4.90 Å². The van der Waals surface area contributed by atoms with Crippen LogP contribution in [0.1, 0.15) is 44.9 Å². The smallest absolute Gasteiger partial charge is 0.225 e. The van der Waals surface area contributed by atoms with E-state index < -0.39 is 0 Å². The van der Waals surface area contributed by atoms with Crippen LogP contribution < -0.4 is 5.32 Å². The number of likely N-dealkylation sites (tertiary alicyclic amines) is 1. The lowest BCUT2D eigenvalue weighted by atomic mass is 9.94. The monoisotopic (exact) mass is 282 g/mol. The number of hydrogen-bond donors (Lipinski definition) is 1. The molecule has 1 saturated carbocycles. The predicted octanol–water partition coefficient (Wildman–Crippen LogP) is 1.32. The number of carbonyl (C=O) groups is 2. The first-order chi connectivity index (χ1) is 9.72. The fraction of sp³-hybridized carbons (Fsp3) is 0.867. The summed E-state index contributed by atoms with van der Waals surface area (Å²) in [5, 5.41) is 2.91. The van der Waals surface area contributed by atoms with Gasteiger partial charge in [-0.2, -0.15) is 0 Å². The SMILES string of the molecule is COCCCNC(=O)C1CC(=O)N(C2CCCCC2)C1. The van der Waals surface area contributed by atoms with E-state index in [0.717, 1.165) is 19.3 Å². The summed E-state index contributed by atoms with van der Waals surface area (Å²) in [4.78, 5) is 26.1. The van der Waals surface area contributed by atoms with E-state index in [2.05, 4.69) is 5.32 Å². The lowest BCUT2D eigenvalue weighted by Gasteiger charge is -2.31. The van der Waals surface area contributed by atoms with Gasteiger partial charge < -0.3 is 15.0 Å². The number of nitrogens with one attached hydrogen (secondary N) is 1. The molecular weight excluding hydrogens is 256 g/mol. The van der Waals surface area contributed by atoms with Crippen molar-refractivity contribution in [1.29, 1.82) is 0 Å². The molecule has 2 aliphatic rings. The Labute approximate surface area is 121 Å². The third kappa shape index (κ3) is 3.95. The second kappa shape index (κ2) is 7.62. The summed E-state index contributed by atoms with van der Waals surface area (Å²) in [7, 11) is 1.65. The van der Waals surface area contributed by atoms with E-state index in [4.69, 9.17) is 4.74 Å². The zero-order valence-corrected chi connectivity index (χ0v) is 12.4. The Balaban J connectivity index is 1.77. The molecule has 2 fully saturated rings. The highest BCUT2D eigenvalue weighted by atomic mass is 16.5. The third-order valence-corrected chi connectivity index (χ3v) is 4.37. The van der Waals surface area contributed by atoms with Crippen LogP contribution in [0.5, 0.6) is 0 Å². The van der Waals surface area contributed by atoms with Crippen molar-refractivity contribution >= 4 is 11.8 Å². The van der Waals surface area contributed by atoms with Gasteiger partial charge in [0.2, 0.25) is 11.8 Å². The van der Waals surface area contributed by atoms with Crippen LogP contribution in [0, 0.1) is 5.92 Å². The molecule has 0 aromatic carbocycles. The molecule has 20 heavy (non-hydrogen) atoms. The summed E-state index contributed by atoms with van der Waals surface area (Å²) < 4.78 is 4.95. The highest BCUT2D eigenvalue weighted by Crippen LogP contribution is 2.28. The Hall–Kier alpha value is -1.10. The average Bonchev–Trinajstić information content (AvgIpc) is 2.86. The highest BCUT2D eigenvalue weighted by molar-refractivity contribution is 5.89. The van der Waals surface area contributed by atoms with Crippen molar-refractivity contribution in [3.63, 3.8) is 0 Å². The molecule has 1 aliphatic heterocycles. The van der Waals surface area contributed by atoms with Crippen LogP contribution in [-0.4, -0.2) is 49.6 Å². The van der Waals surface area contributed by atoms with Crippen LogP contribution in [0.4, 0.5) is 0 Å². The largest absolute Gasteiger partial charge is 0.385 e. The van der Waals surface area contributed by atoms with Crippen molar-refractivity contribution < 1.29 is 14.3 Å². The van der Waals surface area contributed by atoms with Crippen LogP contribution in [0.15, 0.2) is 0 Å². The van der Waals surface area contributed by atoms with Crippen molar-refractivity contribution in [3.8, 4) is 0 Å². The lowest BCUT2D eigenvalue weighted by molar-refractivity contribution is -0.130. The number of rotatable bonds is 6. The Bertz CT molecular complexity index is 340. The van der Waals surface area contributed by atoms with Crippen LogP contribution in [-0.2, 0) is 14.3 Å². The first-order valence-electron chi connectivity index (χ1n) is 7.78. The number of methoxy groups -OCH3 is 1. The van der Waals surface area contributed by atoms with E-state index in [0.29, 0.717) is 32.2 Å². The summed E-state index contributed by atoms with van der Waals surface area (Å²) in [5.41, 5.74) is 0. The molecule has 0 radical (unpaired) electrons. The molecule has 0 aromatic heterocycles. The average molecular weight is 282 g/mol. The predicted molar refractivity (Wildman–Crippen MR) is 76.2 cm³/mol. The number of hydrogen-bond acceptors (Lipinski definition) is 3. The summed E-state index contributed by atoms with van der Waals surface area (Å²) >= 11 is 0. The number of nitrogens with zero attached hydrogens (tertiary/aromatic N) is 1. The van der Waals surface area contributed by atoms with E-state index in [1.54, 1.807) is 7.11 Å². The minimum atomic E-state index is -0.160. The molecule has 1 unspecified atom stereocenters. The normalized spacial score (nSPS) is 24.1. The van der Waals surface area contributed by atoms with Crippen molar-refractivity contribution in [2.45, 2.75) is 51.0 Å². The Morgan fingerprint density at radius 1 is 1.35 bits per heavy atom. The summed E-state index contributed by atoms with van der Waals surface area (Å²) in [5.74, 6) is 0.0219. The van der Waals surface area contributed by atoms with Gasteiger partial charge in [0, 0.05) is 39.3 Å². The first kappa shape index (κ1) is 15.3. The molecule has 0 bridgehead atoms. The third-order valence-electron chi connectivity index (χ3n) is 4.37. The number of ether oxygens (including phenoxy) is 1. The van der Waals surface area contributed by atoms with E-state index in [-0.39, 0.29) is 17.7 Å². The van der Waals surface area contributed by atoms with Gasteiger partial charge in [-0.25, -0.2) is 0 Å². The van der Waals surface area contributed by atoms with Gasteiger partial charge in [-0.05, 0) is 19.3 Å². The fourth-order valence-electron chi connectivity index (χ4n) is 3.23. The molecule has 114 valence electrons. The first-order valence-corrected chi connectivity index (χ1v) is 7.78. The van der Waals surface area contributed by atoms with Crippen LogP contribution in [0.25, 0.3) is 0 Å². The molecule has 2 amide bonds. The van der Waals surface area contributed by atoms with Crippen LogP contribution in [0.3, 0.4) is 0 Å². The number of amides is 2.